The van der Waals surface area contributed by atoms with Crippen LogP contribution in [-0.4, -0.2) is 48.2 Å². The molecule has 5 heteroatoms. The van der Waals surface area contributed by atoms with Gasteiger partial charge in [0, 0.05) is 30.7 Å². The molecule has 27 heavy (non-hydrogen) atoms. The molecular formula is C22H26N4O. The fourth-order valence-electron chi connectivity index (χ4n) is 3.99. The van der Waals surface area contributed by atoms with Crippen molar-refractivity contribution in [1.82, 2.24) is 9.47 Å². The number of para-hydroxylation sites is 1. The van der Waals surface area contributed by atoms with Gasteiger partial charge in [-0.3, -0.25) is 4.57 Å². The SMILES string of the molecule is CCN1CCCN(c2ccc(-c3cc4ccccc4n3C(N)=O)cc2)CC1. The van der Waals surface area contributed by atoms with E-state index in [-0.39, 0.29) is 0 Å². The molecule has 1 aliphatic rings. The van der Waals surface area contributed by atoms with Gasteiger partial charge in [-0.15, -0.1) is 0 Å². The average Bonchev–Trinajstić information content (AvgIpc) is 2.92. The summed E-state index contributed by atoms with van der Waals surface area (Å²) in [5.74, 6) is 0. The Morgan fingerprint density at radius 3 is 2.52 bits per heavy atom. The zero-order chi connectivity index (χ0) is 18.8. The molecule has 3 aromatic rings. The number of hydrogen-bond donors (Lipinski definition) is 1. The zero-order valence-corrected chi connectivity index (χ0v) is 15.8. The van der Waals surface area contributed by atoms with Crippen LogP contribution in [0.25, 0.3) is 22.2 Å². The molecule has 0 saturated carbocycles. The van der Waals surface area contributed by atoms with E-state index in [1.165, 1.54) is 18.7 Å². The minimum atomic E-state index is -0.456. The standard InChI is InChI=1S/C22H26N4O/c1-2-24-12-5-13-25(15-14-24)19-10-8-17(9-11-19)21-16-18-6-3-4-7-20(18)26(21)22(23)27/h3-4,6-11,16H,2,5,12-15H2,1H3,(H2,23,27). The highest BCUT2D eigenvalue weighted by atomic mass is 16.2. The number of rotatable bonds is 3. The predicted octanol–water partition coefficient (Wildman–Crippen LogP) is 3.77. The number of hydrogen-bond acceptors (Lipinski definition) is 3. The van der Waals surface area contributed by atoms with E-state index in [1.807, 2.05) is 30.3 Å². The van der Waals surface area contributed by atoms with Crippen LogP contribution in [-0.2, 0) is 0 Å². The van der Waals surface area contributed by atoms with Crippen molar-refractivity contribution in [3.8, 4) is 11.3 Å². The molecule has 0 radical (unpaired) electrons. The third-order valence-corrected chi connectivity index (χ3v) is 5.50. The summed E-state index contributed by atoms with van der Waals surface area (Å²) in [6.45, 7) is 7.75. The summed E-state index contributed by atoms with van der Waals surface area (Å²) in [6.07, 6.45) is 1.19. The maximum absolute atomic E-state index is 12.1. The summed E-state index contributed by atoms with van der Waals surface area (Å²) in [5.41, 5.74) is 9.58. The van der Waals surface area contributed by atoms with Crippen LogP contribution in [0.1, 0.15) is 13.3 Å². The number of benzene rings is 2. The number of anilines is 1. The number of aromatic nitrogens is 1. The van der Waals surface area contributed by atoms with Gasteiger partial charge in [-0.1, -0.05) is 37.3 Å². The molecule has 2 heterocycles. The summed E-state index contributed by atoms with van der Waals surface area (Å²) in [7, 11) is 0. The molecule has 1 amide bonds. The van der Waals surface area contributed by atoms with Crippen molar-refractivity contribution in [3.63, 3.8) is 0 Å². The molecular weight excluding hydrogens is 336 g/mol. The summed E-state index contributed by atoms with van der Waals surface area (Å²) in [4.78, 5) is 17.0. The Morgan fingerprint density at radius 2 is 1.78 bits per heavy atom. The molecule has 2 N–H and O–H groups in total. The maximum atomic E-state index is 12.1. The largest absolute Gasteiger partial charge is 0.370 e. The van der Waals surface area contributed by atoms with E-state index in [0.717, 1.165) is 48.3 Å². The molecule has 1 aliphatic heterocycles. The normalized spacial score (nSPS) is 15.8. The lowest BCUT2D eigenvalue weighted by atomic mass is 10.1. The Balaban J connectivity index is 1.64. The number of fused-ring (bicyclic) bond motifs is 1. The topological polar surface area (TPSA) is 54.5 Å². The van der Waals surface area contributed by atoms with Gasteiger partial charge < -0.3 is 15.5 Å². The third kappa shape index (κ3) is 3.43. The minimum absolute atomic E-state index is 0.456. The number of nitrogens with zero attached hydrogens (tertiary/aromatic N) is 3. The third-order valence-electron chi connectivity index (χ3n) is 5.50. The second-order valence-corrected chi connectivity index (χ2v) is 7.08. The fourth-order valence-corrected chi connectivity index (χ4v) is 3.99. The van der Waals surface area contributed by atoms with Crippen molar-refractivity contribution in [2.45, 2.75) is 13.3 Å². The Kier molecular flexibility index (Phi) is 4.86. The first-order valence-electron chi connectivity index (χ1n) is 9.65. The van der Waals surface area contributed by atoms with Gasteiger partial charge in [0.15, 0.2) is 0 Å². The highest BCUT2D eigenvalue weighted by molar-refractivity contribution is 5.97. The molecule has 1 aromatic heterocycles. The first kappa shape index (κ1) is 17.6. The quantitative estimate of drug-likeness (QED) is 0.772. The smallest absolute Gasteiger partial charge is 0.323 e. The van der Waals surface area contributed by atoms with Gasteiger partial charge in [-0.2, -0.15) is 0 Å². The molecule has 5 nitrogen and oxygen atoms in total. The predicted molar refractivity (Wildman–Crippen MR) is 111 cm³/mol. The van der Waals surface area contributed by atoms with Crippen molar-refractivity contribution >= 4 is 22.6 Å². The summed E-state index contributed by atoms with van der Waals surface area (Å²) in [6, 6.07) is 17.9. The molecule has 1 saturated heterocycles. The van der Waals surface area contributed by atoms with E-state index in [9.17, 15) is 4.79 Å². The maximum Gasteiger partial charge on any atom is 0.323 e. The molecule has 0 unspecified atom stereocenters. The fraction of sp³-hybridized carbons (Fsp3) is 0.318. The molecule has 0 spiro atoms. The molecule has 2 aromatic carbocycles. The lowest BCUT2D eigenvalue weighted by Gasteiger charge is -2.23. The van der Waals surface area contributed by atoms with Crippen LogP contribution in [0.4, 0.5) is 10.5 Å². The lowest BCUT2D eigenvalue weighted by Crippen LogP contribution is -2.30. The van der Waals surface area contributed by atoms with Crippen LogP contribution >= 0.6 is 0 Å². The summed E-state index contributed by atoms with van der Waals surface area (Å²) >= 11 is 0. The number of amides is 1. The average molecular weight is 362 g/mol. The molecule has 0 atom stereocenters. The molecule has 0 aliphatic carbocycles. The van der Waals surface area contributed by atoms with Crippen molar-refractivity contribution in [2.24, 2.45) is 5.73 Å². The summed E-state index contributed by atoms with van der Waals surface area (Å²) < 4.78 is 1.59. The Labute approximate surface area is 160 Å². The van der Waals surface area contributed by atoms with Crippen molar-refractivity contribution < 1.29 is 4.79 Å². The second kappa shape index (κ2) is 7.45. The molecule has 140 valence electrons. The Hall–Kier alpha value is -2.79. The van der Waals surface area contributed by atoms with E-state index in [2.05, 4.69) is 41.0 Å². The summed E-state index contributed by atoms with van der Waals surface area (Å²) in [5, 5.41) is 1.02. The number of nitrogens with two attached hydrogens (primary N) is 1. The Morgan fingerprint density at radius 1 is 1.00 bits per heavy atom. The number of likely N-dealkylation sites (N-methyl/N-ethyl adjacent to an activating group) is 1. The number of primary amides is 1. The van der Waals surface area contributed by atoms with E-state index < -0.39 is 6.03 Å². The molecule has 1 fully saturated rings. The molecule has 0 bridgehead atoms. The van der Waals surface area contributed by atoms with Crippen molar-refractivity contribution in [1.29, 1.82) is 0 Å². The van der Waals surface area contributed by atoms with Gasteiger partial charge in [0.05, 0.1) is 11.2 Å². The van der Waals surface area contributed by atoms with Gasteiger partial charge in [-0.25, -0.2) is 4.79 Å². The van der Waals surface area contributed by atoms with Crippen LogP contribution in [0.5, 0.6) is 0 Å². The van der Waals surface area contributed by atoms with Gasteiger partial charge >= 0.3 is 6.03 Å². The number of carbonyl (C=O) groups is 1. The van der Waals surface area contributed by atoms with Crippen molar-refractivity contribution in [2.75, 3.05) is 37.6 Å². The first-order valence-corrected chi connectivity index (χ1v) is 9.65. The van der Waals surface area contributed by atoms with E-state index in [0.29, 0.717) is 0 Å². The van der Waals surface area contributed by atoms with E-state index in [1.54, 1.807) is 4.57 Å². The van der Waals surface area contributed by atoms with Crippen LogP contribution in [0.15, 0.2) is 54.6 Å². The van der Waals surface area contributed by atoms with E-state index in [4.69, 9.17) is 5.73 Å². The zero-order valence-electron chi connectivity index (χ0n) is 15.8. The van der Waals surface area contributed by atoms with Gasteiger partial charge in [0.2, 0.25) is 0 Å². The van der Waals surface area contributed by atoms with Crippen molar-refractivity contribution in [3.05, 3.63) is 54.6 Å². The highest BCUT2D eigenvalue weighted by Gasteiger charge is 2.16. The molecule has 4 rings (SSSR count). The van der Waals surface area contributed by atoms with Crippen LogP contribution in [0.3, 0.4) is 0 Å². The van der Waals surface area contributed by atoms with Crippen LogP contribution in [0.2, 0.25) is 0 Å². The number of carbonyl (C=O) groups excluding carboxylic acids is 1. The first-order chi connectivity index (χ1) is 13.2. The second-order valence-electron chi connectivity index (χ2n) is 7.08. The van der Waals surface area contributed by atoms with Gasteiger partial charge in [-0.05, 0) is 49.3 Å². The van der Waals surface area contributed by atoms with Crippen LogP contribution in [0, 0.1) is 0 Å². The van der Waals surface area contributed by atoms with Crippen LogP contribution < -0.4 is 10.6 Å². The van der Waals surface area contributed by atoms with E-state index >= 15 is 0 Å². The Bertz CT molecular complexity index is 945. The van der Waals surface area contributed by atoms with Gasteiger partial charge in [0.1, 0.15) is 0 Å². The van der Waals surface area contributed by atoms with Gasteiger partial charge in [0.25, 0.3) is 0 Å². The minimum Gasteiger partial charge on any atom is -0.370 e. The lowest BCUT2D eigenvalue weighted by molar-refractivity contribution is 0.251. The monoisotopic (exact) mass is 362 g/mol. The highest BCUT2D eigenvalue weighted by Crippen LogP contribution is 2.29.